The average molecular weight is 395 g/mol. The summed E-state index contributed by atoms with van der Waals surface area (Å²) in [6.45, 7) is 8.02. The number of nitrogens with one attached hydrogen (secondary N) is 1. The molecule has 0 aromatic heterocycles. The van der Waals surface area contributed by atoms with Gasteiger partial charge in [0.2, 0.25) is 5.91 Å². The molecule has 0 bridgehead atoms. The van der Waals surface area contributed by atoms with Crippen LogP contribution in [-0.2, 0) is 16.1 Å². The van der Waals surface area contributed by atoms with Gasteiger partial charge in [-0.1, -0.05) is 59.7 Å². The van der Waals surface area contributed by atoms with Crippen LogP contribution in [0.3, 0.4) is 0 Å². The molecule has 2 aromatic rings. The zero-order valence-corrected chi connectivity index (χ0v) is 18.0. The van der Waals surface area contributed by atoms with E-state index in [9.17, 15) is 4.79 Å². The van der Waals surface area contributed by atoms with Gasteiger partial charge in [-0.05, 0) is 58.0 Å². The van der Waals surface area contributed by atoms with E-state index in [-0.39, 0.29) is 17.7 Å². The number of carbonyl (C=O) groups excluding carboxylic acids is 1. The molecule has 0 radical (unpaired) electrons. The van der Waals surface area contributed by atoms with E-state index < -0.39 is 0 Å². The van der Waals surface area contributed by atoms with E-state index in [1.807, 2.05) is 18.2 Å². The summed E-state index contributed by atoms with van der Waals surface area (Å²) < 4.78 is 6.08. The number of nitrogens with zero attached hydrogens (tertiary/aromatic N) is 1. The number of carbonyl (C=O) groups is 1. The molecule has 1 aliphatic rings. The van der Waals surface area contributed by atoms with Gasteiger partial charge in [0.1, 0.15) is 0 Å². The van der Waals surface area contributed by atoms with Crippen LogP contribution in [0.4, 0.5) is 0 Å². The molecule has 1 aliphatic heterocycles. The minimum atomic E-state index is 0.138. The minimum absolute atomic E-state index is 0.138. The van der Waals surface area contributed by atoms with Crippen molar-refractivity contribution in [2.24, 2.45) is 5.92 Å². The van der Waals surface area contributed by atoms with Crippen LogP contribution in [0, 0.1) is 19.8 Å². The summed E-state index contributed by atoms with van der Waals surface area (Å²) in [5.74, 6) is 0.476. The zero-order valence-electron chi connectivity index (χ0n) is 18.0. The van der Waals surface area contributed by atoms with E-state index in [4.69, 9.17) is 4.74 Å². The number of hydrogen-bond donors (Lipinski definition) is 1. The molecule has 0 spiro atoms. The second-order valence-corrected chi connectivity index (χ2v) is 8.44. The van der Waals surface area contributed by atoms with Crippen molar-refractivity contribution in [2.75, 3.05) is 33.3 Å². The van der Waals surface area contributed by atoms with Crippen molar-refractivity contribution in [3.05, 3.63) is 70.8 Å². The fraction of sp³-hybridized carbons (Fsp3) is 0.480. The largest absolute Gasteiger partial charge is 0.376 e. The standard InChI is InChI=1S/C25H34N2O2/c1-19-13-20(2)15-21(14-19)17-29-18-24(22-7-5-4-6-8-22)16-26-25(28)23-9-11-27(3)12-10-23/h4-8,13-15,23-24H,9-12,16-18H2,1-3H3,(H,26,28). The van der Waals surface area contributed by atoms with Crippen molar-refractivity contribution in [3.8, 4) is 0 Å². The molecule has 4 nitrogen and oxygen atoms in total. The molecule has 0 saturated carbocycles. The van der Waals surface area contributed by atoms with Crippen LogP contribution in [-0.4, -0.2) is 44.1 Å². The maximum Gasteiger partial charge on any atom is 0.223 e. The molecule has 1 saturated heterocycles. The van der Waals surface area contributed by atoms with Gasteiger partial charge in [-0.3, -0.25) is 4.79 Å². The fourth-order valence-corrected chi connectivity index (χ4v) is 4.11. The molecule has 29 heavy (non-hydrogen) atoms. The second kappa shape index (κ2) is 10.6. The molecule has 156 valence electrons. The van der Waals surface area contributed by atoms with Crippen LogP contribution >= 0.6 is 0 Å². The summed E-state index contributed by atoms with van der Waals surface area (Å²) in [4.78, 5) is 14.9. The van der Waals surface area contributed by atoms with Gasteiger partial charge in [-0.15, -0.1) is 0 Å². The van der Waals surface area contributed by atoms with Crippen LogP contribution < -0.4 is 5.32 Å². The SMILES string of the molecule is Cc1cc(C)cc(COCC(CNC(=O)C2CCN(C)CC2)c2ccccc2)c1. The summed E-state index contributed by atoms with van der Waals surface area (Å²) >= 11 is 0. The second-order valence-electron chi connectivity index (χ2n) is 8.44. The molecule has 2 aromatic carbocycles. The van der Waals surface area contributed by atoms with Gasteiger partial charge in [0.05, 0.1) is 13.2 Å². The van der Waals surface area contributed by atoms with Gasteiger partial charge in [0, 0.05) is 18.4 Å². The Bertz CT molecular complexity index is 762. The highest BCUT2D eigenvalue weighted by atomic mass is 16.5. The van der Waals surface area contributed by atoms with Gasteiger partial charge in [-0.2, -0.15) is 0 Å². The van der Waals surface area contributed by atoms with Gasteiger partial charge in [0.25, 0.3) is 0 Å². The molecule has 1 amide bonds. The van der Waals surface area contributed by atoms with E-state index in [1.165, 1.54) is 22.3 Å². The molecule has 1 heterocycles. The Hall–Kier alpha value is -2.17. The zero-order chi connectivity index (χ0) is 20.6. The molecule has 1 atom stereocenters. The predicted octanol–water partition coefficient (Wildman–Crippen LogP) is 4.06. The topological polar surface area (TPSA) is 41.6 Å². The Balaban J connectivity index is 1.56. The summed E-state index contributed by atoms with van der Waals surface area (Å²) in [5.41, 5.74) is 4.92. The average Bonchev–Trinajstić information content (AvgIpc) is 2.71. The highest BCUT2D eigenvalue weighted by Crippen LogP contribution is 2.19. The Morgan fingerprint density at radius 3 is 2.41 bits per heavy atom. The first kappa shape index (κ1) is 21.5. The Labute approximate surface area is 175 Å². The van der Waals surface area contributed by atoms with Gasteiger partial charge in [-0.25, -0.2) is 0 Å². The van der Waals surface area contributed by atoms with E-state index in [0.717, 1.165) is 25.9 Å². The number of ether oxygens (including phenoxy) is 1. The fourth-order valence-electron chi connectivity index (χ4n) is 4.11. The van der Waals surface area contributed by atoms with Gasteiger partial charge >= 0.3 is 0 Å². The van der Waals surface area contributed by atoms with Crippen molar-refractivity contribution in [3.63, 3.8) is 0 Å². The van der Waals surface area contributed by atoms with Crippen LogP contribution in [0.1, 0.15) is 41.0 Å². The Kier molecular flexibility index (Phi) is 7.84. The molecule has 1 unspecified atom stereocenters. The number of benzene rings is 2. The first-order chi connectivity index (χ1) is 14.0. The Morgan fingerprint density at radius 1 is 1.10 bits per heavy atom. The maximum atomic E-state index is 12.6. The first-order valence-electron chi connectivity index (χ1n) is 10.7. The maximum absolute atomic E-state index is 12.6. The third-order valence-corrected chi connectivity index (χ3v) is 5.75. The number of aryl methyl sites for hydroxylation is 2. The van der Waals surface area contributed by atoms with Crippen LogP contribution in [0.5, 0.6) is 0 Å². The monoisotopic (exact) mass is 394 g/mol. The number of amides is 1. The third kappa shape index (κ3) is 6.69. The molecule has 3 rings (SSSR count). The van der Waals surface area contributed by atoms with Crippen molar-refractivity contribution >= 4 is 5.91 Å². The minimum Gasteiger partial charge on any atom is -0.376 e. The van der Waals surface area contributed by atoms with E-state index in [1.54, 1.807) is 0 Å². The molecule has 4 heteroatoms. The lowest BCUT2D eigenvalue weighted by Gasteiger charge is -2.28. The third-order valence-electron chi connectivity index (χ3n) is 5.75. The van der Waals surface area contributed by atoms with Crippen LogP contribution in [0.2, 0.25) is 0 Å². The van der Waals surface area contributed by atoms with Crippen molar-refractivity contribution in [2.45, 2.75) is 39.2 Å². The van der Waals surface area contributed by atoms with Crippen molar-refractivity contribution in [1.29, 1.82) is 0 Å². The molecule has 1 fully saturated rings. The van der Waals surface area contributed by atoms with E-state index in [0.29, 0.717) is 19.8 Å². The summed E-state index contributed by atoms with van der Waals surface area (Å²) in [6, 6.07) is 16.9. The van der Waals surface area contributed by atoms with Crippen molar-refractivity contribution in [1.82, 2.24) is 10.2 Å². The lowest BCUT2D eigenvalue weighted by Crippen LogP contribution is -2.40. The van der Waals surface area contributed by atoms with Crippen LogP contribution in [0.25, 0.3) is 0 Å². The highest BCUT2D eigenvalue weighted by Gasteiger charge is 2.24. The lowest BCUT2D eigenvalue weighted by atomic mass is 9.95. The van der Waals surface area contributed by atoms with Gasteiger partial charge < -0.3 is 15.0 Å². The Morgan fingerprint density at radius 2 is 1.76 bits per heavy atom. The summed E-state index contributed by atoms with van der Waals surface area (Å²) in [7, 11) is 2.12. The quantitative estimate of drug-likeness (QED) is 0.734. The number of piperidine rings is 1. The van der Waals surface area contributed by atoms with E-state index >= 15 is 0 Å². The predicted molar refractivity (Wildman–Crippen MR) is 118 cm³/mol. The molecular weight excluding hydrogens is 360 g/mol. The first-order valence-corrected chi connectivity index (χ1v) is 10.7. The number of likely N-dealkylation sites (tertiary alicyclic amines) is 1. The normalized spacial score (nSPS) is 16.5. The van der Waals surface area contributed by atoms with Crippen LogP contribution in [0.15, 0.2) is 48.5 Å². The van der Waals surface area contributed by atoms with Gasteiger partial charge in [0.15, 0.2) is 0 Å². The van der Waals surface area contributed by atoms with E-state index in [2.05, 4.69) is 61.4 Å². The smallest absolute Gasteiger partial charge is 0.223 e. The molecular formula is C25H34N2O2. The molecule has 0 aliphatic carbocycles. The van der Waals surface area contributed by atoms with Crippen molar-refractivity contribution < 1.29 is 9.53 Å². The lowest BCUT2D eigenvalue weighted by molar-refractivity contribution is -0.126. The summed E-state index contributed by atoms with van der Waals surface area (Å²) in [5, 5.41) is 3.20. The highest BCUT2D eigenvalue weighted by molar-refractivity contribution is 5.78. The summed E-state index contributed by atoms with van der Waals surface area (Å²) in [6.07, 6.45) is 1.89. The number of rotatable bonds is 8. The molecule has 1 N–H and O–H groups in total. The number of hydrogen-bond acceptors (Lipinski definition) is 3.